The number of hydrogen-bond acceptors (Lipinski definition) is 5. The molecule has 0 spiro atoms. The quantitative estimate of drug-likeness (QED) is 0.735. The fraction of sp³-hybridized carbons (Fsp3) is 0. The van der Waals surface area contributed by atoms with E-state index in [-0.39, 0.29) is 17.0 Å². The van der Waals surface area contributed by atoms with Gasteiger partial charge in [0.05, 0.1) is 0 Å². The van der Waals surface area contributed by atoms with Gasteiger partial charge < -0.3 is 10.1 Å². The van der Waals surface area contributed by atoms with E-state index in [9.17, 15) is 9.90 Å². The molecule has 0 aliphatic carbocycles. The number of phenolic OH excluding ortho intramolecular Hbond substituents is 1. The van der Waals surface area contributed by atoms with E-state index in [0.717, 1.165) is 0 Å². The fourth-order valence-electron chi connectivity index (χ4n) is 1.76. The van der Waals surface area contributed by atoms with E-state index in [1.165, 1.54) is 12.1 Å². The summed E-state index contributed by atoms with van der Waals surface area (Å²) < 4.78 is 0. The highest BCUT2D eigenvalue weighted by Crippen LogP contribution is 2.17. The van der Waals surface area contributed by atoms with Gasteiger partial charge in [-0.3, -0.25) is 9.78 Å². The first-order chi connectivity index (χ1) is 9.74. The summed E-state index contributed by atoms with van der Waals surface area (Å²) in [6, 6.07) is 11.5. The first-order valence-electron chi connectivity index (χ1n) is 5.92. The average molecular weight is 266 g/mol. The molecular formula is C14H10N4O2. The molecule has 0 aliphatic heterocycles. The van der Waals surface area contributed by atoms with Gasteiger partial charge in [0.2, 0.25) is 0 Å². The van der Waals surface area contributed by atoms with E-state index in [0.29, 0.717) is 17.1 Å². The van der Waals surface area contributed by atoms with Crippen molar-refractivity contribution < 1.29 is 5.11 Å². The molecule has 0 fully saturated rings. The molecule has 0 radical (unpaired) electrons. The van der Waals surface area contributed by atoms with Crippen LogP contribution in [0.5, 0.6) is 5.75 Å². The average Bonchev–Trinajstić information content (AvgIpc) is 2.49. The van der Waals surface area contributed by atoms with Crippen LogP contribution in [0.2, 0.25) is 0 Å². The summed E-state index contributed by atoms with van der Waals surface area (Å²) in [5.74, 6) is 0.446. The third-order valence-electron chi connectivity index (χ3n) is 2.75. The Labute approximate surface area is 113 Å². The number of aromatic nitrogens is 4. The van der Waals surface area contributed by atoms with E-state index in [1.54, 1.807) is 36.5 Å². The van der Waals surface area contributed by atoms with Crippen LogP contribution >= 0.6 is 0 Å². The first-order valence-corrected chi connectivity index (χ1v) is 5.92. The number of nitrogens with one attached hydrogen (secondary N) is 1. The number of hydrogen-bond donors (Lipinski definition) is 2. The standard InChI is InChI=1S/C14H10N4O2/c19-10-6-4-9(5-7-10)12-14(20)16-13(18-17-12)11-3-1-2-8-15-11/h1-8,19H,(H,16,18,20). The highest BCUT2D eigenvalue weighted by atomic mass is 16.3. The van der Waals surface area contributed by atoms with Gasteiger partial charge in [-0.1, -0.05) is 6.07 Å². The van der Waals surface area contributed by atoms with Gasteiger partial charge in [0.15, 0.2) is 11.5 Å². The Morgan fingerprint density at radius 1 is 1.00 bits per heavy atom. The monoisotopic (exact) mass is 266 g/mol. The third-order valence-corrected chi connectivity index (χ3v) is 2.75. The summed E-state index contributed by atoms with van der Waals surface area (Å²) in [6.07, 6.45) is 1.61. The Morgan fingerprint density at radius 3 is 2.45 bits per heavy atom. The Bertz CT molecular complexity index is 782. The van der Waals surface area contributed by atoms with E-state index in [4.69, 9.17) is 0 Å². The zero-order chi connectivity index (χ0) is 13.9. The lowest BCUT2D eigenvalue weighted by atomic mass is 10.1. The van der Waals surface area contributed by atoms with Crippen molar-refractivity contribution in [2.75, 3.05) is 0 Å². The normalized spacial score (nSPS) is 10.4. The van der Waals surface area contributed by atoms with Crippen LogP contribution in [-0.4, -0.2) is 25.3 Å². The van der Waals surface area contributed by atoms with Gasteiger partial charge in [-0.2, -0.15) is 0 Å². The highest BCUT2D eigenvalue weighted by Gasteiger charge is 2.09. The maximum atomic E-state index is 12.1. The van der Waals surface area contributed by atoms with E-state index >= 15 is 0 Å². The summed E-state index contributed by atoms with van der Waals surface area (Å²) in [7, 11) is 0. The molecule has 0 aliphatic rings. The lowest BCUT2D eigenvalue weighted by Crippen LogP contribution is -2.14. The molecule has 2 heterocycles. The Hall–Kier alpha value is -3.02. The molecule has 6 nitrogen and oxygen atoms in total. The van der Waals surface area contributed by atoms with Crippen molar-refractivity contribution in [3.8, 4) is 28.5 Å². The first kappa shape index (κ1) is 12.0. The Morgan fingerprint density at radius 2 is 1.80 bits per heavy atom. The van der Waals surface area contributed by atoms with Crippen molar-refractivity contribution in [2.24, 2.45) is 0 Å². The van der Waals surface area contributed by atoms with Crippen LogP contribution in [0.4, 0.5) is 0 Å². The molecule has 98 valence electrons. The van der Waals surface area contributed by atoms with E-state index < -0.39 is 0 Å². The SMILES string of the molecule is O=c1[nH]c(-c2ccccn2)nnc1-c1ccc(O)cc1. The second-order valence-electron chi connectivity index (χ2n) is 4.11. The van der Waals surface area contributed by atoms with Crippen LogP contribution in [-0.2, 0) is 0 Å². The topological polar surface area (TPSA) is 91.8 Å². The molecule has 0 saturated heterocycles. The Kier molecular flexibility index (Phi) is 2.96. The van der Waals surface area contributed by atoms with Crippen LogP contribution in [0.1, 0.15) is 0 Å². The second kappa shape index (κ2) is 4.93. The predicted octanol–water partition coefficient (Wildman–Crippen LogP) is 1.60. The minimum atomic E-state index is -0.355. The van der Waals surface area contributed by atoms with Gasteiger partial charge in [-0.15, -0.1) is 10.2 Å². The molecule has 3 rings (SSSR count). The fourth-order valence-corrected chi connectivity index (χ4v) is 1.76. The largest absolute Gasteiger partial charge is 0.508 e. The number of benzene rings is 1. The molecule has 2 aromatic heterocycles. The molecule has 0 amide bonds. The molecule has 0 saturated carbocycles. The highest BCUT2D eigenvalue weighted by molar-refractivity contribution is 5.59. The summed E-state index contributed by atoms with van der Waals surface area (Å²) in [5, 5.41) is 17.2. The number of pyridine rings is 1. The molecule has 0 atom stereocenters. The zero-order valence-electron chi connectivity index (χ0n) is 10.3. The van der Waals surface area contributed by atoms with Gasteiger partial charge in [0.1, 0.15) is 11.4 Å². The number of aromatic hydroxyl groups is 1. The molecule has 20 heavy (non-hydrogen) atoms. The van der Waals surface area contributed by atoms with Gasteiger partial charge in [-0.05, 0) is 36.4 Å². The molecule has 2 N–H and O–H groups in total. The molecule has 1 aromatic carbocycles. The van der Waals surface area contributed by atoms with Gasteiger partial charge in [0, 0.05) is 11.8 Å². The second-order valence-corrected chi connectivity index (χ2v) is 4.11. The van der Waals surface area contributed by atoms with Crippen molar-refractivity contribution >= 4 is 0 Å². The van der Waals surface area contributed by atoms with Crippen LogP contribution in [0.25, 0.3) is 22.8 Å². The Balaban J connectivity index is 2.04. The smallest absolute Gasteiger partial charge is 0.278 e. The number of aromatic amines is 1. The van der Waals surface area contributed by atoms with Gasteiger partial charge in [0.25, 0.3) is 5.56 Å². The van der Waals surface area contributed by atoms with Gasteiger partial charge >= 0.3 is 0 Å². The van der Waals surface area contributed by atoms with Gasteiger partial charge in [-0.25, -0.2) is 0 Å². The number of H-pyrrole nitrogens is 1. The van der Waals surface area contributed by atoms with Crippen molar-refractivity contribution in [1.82, 2.24) is 20.2 Å². The molecule has 0 bridgehead atoms. The lowest BCUT2D eigenvalue weighted by molar-refractivity contribution is 0.475. The molecular weight excluding hydrogens is 256 g/mol. The number of nitrogens with zero attached hydrogens (tertiary/aromatic N) is 3. The summed E-state index contributed by atoms with van der Waals surface area (Å²) in [4.78, 5) is 18.8. The number of rotatable bonds is 2. The van der Waals surface area contributed by atoms with Crippen molar-refractivity contribution in [1.29, 1.82) is 0 Å². The number of phenols is 1. The molecule has 6 heteroatoms. The van der Waals surface area contributed by atoms with E-state index in [2.05, 4.69) is 20.2 Å². The maximum Gasteiger partial charge on any atom is 0.278 e. The van der Waals surface area contributed by atoms with Crippen LogP contribution < -0.4 is 5.56 Å². The summed E-state index contributed by atoms with van der Waals surface area (Å²) in [6.45, 7) is 0. The summed E-state index contributed by atoms with van der Waals surface area (Å²) >= 11 is 0. The zero-order valence-corrected chi connectivity index (χ0v) is 10.3. The molecule has 3 aromatic rings. The van der Waals surface area contributed by atoms with E-state index in [1.807, 2.05) is 0 Å². The minimum Gasteiger partial charge on any atom is -0.508 e. The van der Waals surface area contributed by atoms with Crippen molar-refractivity contribution in [3.05, 3.63) is 59.0 Å². The summed E-state index contributed by atoms with van der Waals surface area (Å²) in [5.41, 5.74) is 0.981. The predicted molar refractivity (Wildman–Crippen MR) is 73.0 cm³/mol. The lowest BCUT2D eigenvalue weighted by Gasteiger charge is -2.02. The molecule has 0 unspecified atom stereocenters. The van der Waals surface area contributed by atoms with Crippen LogP contribution in [0.3, 0.4) is 0 Å². The maximum absolute atomic E-state index is 12.1. The van der Waals surface area contributed by atoms with Crippen LogP contribution in [0.15, 0.2) is 53.5 Å². The minimum absolute atomic E-state index is 0.128. The van der Waals surface area contributed by atoms with Crippen molar-refractivity contribution in [3.63, 3.8) is 0 Å². The third kappa shape index (κ3) is 2.26. The van der Waals surface area contributed by atoms with Crippen molar-refractivity contribution in [2.45, 2.75) is 0 Å². The van der Waals surface area contributed by atoms with Crippen LogP contribution in [0, 0.1) is 0 Å².